The average molecular weight is 457 g/mol. The number of hydrogen-bond acceptors (Lipinski definition) is 7. The molecule has 0 atom stereocenters. The molecule has 9 heteroatoms. The highest BCUT2D eigenvalue weighted by Gasteiger charge is 2.15. The molecule has 0 fully saturated rings. The summed E-state index contributed by atoms with van der Waals surface area (Å²) >= 11 is 0. The summed E-state index contributed by atoms with van der Waals surface area (Å²) in [7, 11) is 1.84. The molecule has 34 heavy (non-hydrogen) atoms. The maximum Gasteiger partial charge on any atom is 0.229 e. The molecule has 0 aliphatic rings. The largest absolute Gasteiger partial charge is 0.399 e. The van der Waals surface area contributed by atoms with Gasteiger partial charge in [0.1, 0.15) is 5.82 Å². The predicted molar refractivity (Wildman–Crippen MR) is 134 cm³/mol. The van der Waals surface area contributed by atoms with Crippen LogP contribution in [0.2, 0.25) is 0 Å². The standard InChI is InChI=1S/C25H28N8O/c1-18(34)33(12-11-19-7-4-3-5-8-19)16-20-14-27-25(30-23-15-28-32(2)17-23)31-24(20)29-22-10-6-9-21(26)13-22/h3-10,13-15,17H,11-12,16,26H2,1-2H3,(H2,27,29,30,31). The minimum absolute atomic E-state index is 0.0107. The Kier molecular flexibility index (Phi) is 7.02. The van der Waals surface area contributed by atoms with Crippen LogP contribution in [0.4, 0.5) is 28.8 Å². The monoisotopic (exact) mass is 456 g/mol. The number of anilines is 5. The van der Waals surface area contributed by atoms with Crippen LogP contribution in [0.1, 0.15) is 18.1 Å². The first-order valence-electron chi connectivity index (χ1n) is 11.0. The Bertz CT molecular complexity index is 1250. The van der Waals surface area contributed by atoms with Crippen LogP contribution in [0.15, 0.2) is 73.2 Å². The Morgan fingerprint density at radius 1 is 1.06 bits per heavy atom. The second-order valence-corrected chi connectivity index (χ2v) is 8.02. The van der Waals surface area contributed by atoms with Crippen LogP contribution in [0.3, 0.4) is 0 Å². The smallest absolute Gasteiger partial charge is 0.229 e. The first kappa shape index (κ1) is 22.8. The normalized spacial score (nSPS) is 10.6. The zero-order valence-corrected chi connectivity index (χ0v) is 19.3. The van der Waals surface area contributed by atoms with Gasteiger partial charge in [-0.1, -0.05) is 36.4 Å². The van der Waals surface area contributed by atoms with Gasteiger partial charge in [-0.2, -0.15) is 10.1 Å². The van der Waals surface area contributed by atoms with E-state index in [1.807, 2.05) is 55.7 Å². The fourth-order valence-corrected chi connectivity index (χ4v) is 3.52. The summed E-state index contributed by atoms with van der Waals surface area (Å²) < 4.78 is 1.69. The van der Waals surface area contributed by atoms with E-state index in [4.69, 9.17) is 5.73 Å². The van der Waals surface area contributed by atoms with Gasteiger partial charge in [0.2, 0.25) is 11.9 Å². The van der Waals surface area contributed by atoms with Gasteiger partial charge in [0.25, 0.3) is 0 Å². The van der Waals surface area contributed by atoms with Crippen molar-refractivity contribution >= 4 is 34.7 Å². The highest BCUT2D eigenvalue weighted by molar-refractivity contribution is 5.74. The molecule has 0 spiro atoms. The van der Waals surface area contributed by atoms with E-state index in [1.54, 1.807) is 28.9 Å². The van der Waals surface area contributed by atoms with Gasteiger partial charge in [0.05, 0.1) is 18.4 Å². The summed E-state index contributed by atoms with van der Waals surface area (Å²) in [6.07, 6.45) is 6.03. The lowest BCUT2D eigenvalue weighted by molar-refractivity contribution is -0.129. The summed E-state index contributed by atoms with van der Waals surface area (Å²) in [5.41, 5.74) is 10.1. The topological polar surface area (TPSA) is 114 Å². The van der Waals surface area contributed by atoms with Crippen LogP contribution in [-0.2, 0) is 24.8 Å². The number of carbonyl (C=O) groups excluding carboxylic acids is 1. The molecule has 0 aliphatic carbocycles. The molecule has 0 bridgehead atoms. The third kappa shape index (κ3) is 6.10. The Labute approximate surface area is 198 Å². The number of benzene rings is 2. The van der Waals surface area contributed by atoms with E-state index in [2.05, 4.69) is 37.8 Å². The van der Waals surface area contributed by atoms with Crippen molar-refractivity contribution in [1.82, 2.24) is 24.6 Å². The maximum atomic E-state index is 12.4. The number of carbonyl (C=O) groups is 1. The minimum atomic E-state index is -0.0107. The highest BCUT2D eigenvalue weighted by Crippen LogP contribution is 2.24. The number of nitrogens with two attached hydrogens (primary N) is 1. The lowest BCUT2D eigenvalue weighted by Crippen LogP contribution is -2.30. The zero-order valence-electron chi connectivity index (χ0n) is 19.3. The molecule has 174 valence electrons. The van der Waals surface area contributed by atoms with Crippen molar-refractivity contribution in [2.75, 3.05) is 22.9 Å². The number of aromatic nitrogens is 4. The summed E-state index contributed by atoms with van der Waals surface area (Å²) in [6.45, 7) is 2.54. The first-order chi connectivity index (χ1) is 16.5. The number of rotatable bonds is 9. The molecule has 2 aromatic carbocycles. The van der Waals surface area contributed by atoms with E-state index < -0.39 is 0 Å². The first-order valence-corrected chi connectivity index (χ1v) is 11.0. The van der Waals surface area contributed by atoms with Gasteiger partial charge in [0.15, 0.2) is 0 Å². The minimum Gasteiger partial charge on any atom is -0.399 e. The molecule has 2 heterocycles. The molecular weight excluding hydrogens is 428 g/mol. The average Bonchev–Trinajstić information content (AvgIpc) is 3.23. The van der Waals surface area contributed by atoms with Crippen molar-refractivity contribution in [2.45, 2.75) is 19.9 Å². The van der Waals surface area contributed by atoms with E-state index >= 15 is 0 Å². The van der Waals surface area contributed by atoms with E-state index in [0.29, 0.717) is 30.5 Å². The molecule has 0 aliphatic heterocycles. The summed E-state index contributed by atoms with van der Waals surface area (Å²) in [5.74, 6) is 1.00. The fraction of sp³-hybridized carbons (Fsp3) is 0.200. The lowest BCUT2D eigenvalue weighted by Gasteiger charge is -2.23. The molecule has 0 radical (unpaired) electrons. The van der Waals surface area contributed by atoms with Crippen molar-refractivity contribution in [2.24, 2.45) is 7.05 Å². The Hall–Kier alpha value is -4.40. The van der Waals surface area contributed by atoms with Crippen LogP contribution >= 0.6 is 0 Å². The number of amides is 1. The van der Waals surface area contributed by atoms with Gasteiger partial charge < -0.3 is 21.3 Å². The van der Waals surface area contributed by atoms with Gasteiger partial charge in [0, 0.05) is 49.8 Å². The van der Waals surface area contributed by atoms with E-state index in [-0.39, 0.29) is 5.91 Å². The van der Waals surface area contributed by atoms with Crippen LogP contribution in [0.5, 0.6) is 0 Å². The summed E-state index contributed by atoms with van der Waals surface area (Å²) in [5, 5.41) is 10.7. The number of hydrogen-bond donors (Lipinski definition) is 3. The Morgan fingerprint density at radius 2 is 1.88 bits per heavy atom. The molecular formula is C25H28N8O. The van der Waals surface area contributed by atoms with Crippen molar-refractivity contribution < 1.29 is 4.79 Å². The predicted octanol–water partition coefficient (Wildman–Crippen LogP) is 3.87. The van der Waals surface area contributed by atoms with Crippen LogP contribution < -0.4 is 16.4 Å². The highest BCUT2D eigenvalue weighted by atomic mass is 16.2. The van der Waals surface area contributed by atoms with E-state index in [0.717, 1.165) is 23.4 Å². The molecule has 4 aromatic rings. The summed E-state index contributed by atoms with van der Waals surface area (Å²) in [4.78, 5) is 23.4. The zero-order chi connectivity index (χ0) is 23.9. The number of nitrogen functional groups attached to an aromatic ring is 1. The second kappa shape index (κ2) is 10.5. The molecule has 4 N–H and O–H groups in total. The van der Waals surface area contributed by atoms with Gasteiger partial charge in [-0.25, -0.2) is 4.98 Å². The molecule has 1 amide bonds. The molecule has 0 saturated carbocycles. The number of aryl methyl sites for hydroxylation is 1. The van der Waals surface area contributed by atoms with Crippen LogP contribution in [0.25, 0.3) is 0 Å². The van der Waals surface area contributed by atoms with Crippen LogP contribution in [0, 0.1) is 0 Å². The molecule has 2 aromatic heterocycles. The Morgan fingerprint density at radius 3 is 2.59 bits per heavy atom. The summed E-state index contributed by atoms with van der Waals surface area (Å²) in [6, 6.07) is 17.6. The number of nitrogens with zero attached hydrogens (tertiary/aromatic N) is 5. The third-order valence-corrected chi connectivity index (χ3v) is 5.29. The van der Waals surface area contributed by atoms with Crippen molar-refractivity contribution in [1.29, 1.82) is 0 Å². The van der Waals surface area contributed by atoms with Crippen molar-refractivity contribution in [3.8, 4) is 0 Å². The van der Waals surface area contributed by atoms with Crippen molar-refractivity contribution in [3.63, 3.8) is 0 Å². The Balaban J connectivity index is 1.58. The molecule has 0 saturated heterocycles. The fourth-order valence-electron chi connectivity index (χ4n) is 3.52. The van der Waals surface area contributed by atoms with Crippen molar-refractivity contribution in [3.05, 3.63) is 84.3 Å². The van der Waals surface area contributed by atoms with Gasteiger partial charge in [-0.15, -0.1) is 0 Å². The van der Waals surface area contributed by atoms with Gasteiger partial charge >= 0.3 is 0 Å². The lowest BCUT2D eigenvalue weighted by atomic mass is 10.1. The SMILES string of the molecule is CC(=O)N(CCc1ccccc1)Cc1cnc(Nc2cnn(C)c2)nc1Nc1cccc(N)c1. The van der Waals surface area contributed by atoms with E-state index in [9.17, 15) is 4.79 Å². The third-order valence-electron chi connectivity index (χ3n) is 5.29. The van der Waals surface area contributed by atoms with Gasteiger partial charge in [-0.05, 0) is 30.2 Å². The maximum absolute atomic E-state index is 12.4. The molecule has 0 unspecified atom stereocenters. The quantitative estimate of drug-likeness (QED) is 0.328. The number of nitrogens with one attached hydrogen (secondary N) is 2. The molecule has 9 nitrogen and oxygen atoms in total. The van der Waals surface area contributed by atoms with Crippen LogP contribution in [-0.4, -0.2) is 37.1 Å². The second-order valence-electron chi connectivity index (χ2n) is 8.02. The van der Waals surface area contributed by atoms with Gasteiger partial charge in [-0.3, -0.25) is 9.48 Å². The molecule has 4 rings (SSSR count). The van der Waals surface area contributed by atoms with E-state index in [1.165, 1.54) is 5.56 Å².